The van der Waals surface area contributed by atoms with Crippen LogP contribution in [0.1, 0.15) is 0 Å². The molecule has 5 nitrogen and oxygen atoms in total. The normalized spacial score (nSPS) is 11.1. The van der Waals surface area contributed by atoms with Gasteiger partial charge in [0.1, 0.15) is 11.5 Å². The lowest BCUT2D eigenvalue weighted by Gasteiger charge is -2.08. The second-order valence-electron chi connectivity index (χ2n) is 4.06. The maximum atomic E-state index is 11.6. The number of anilines is 1. The Kier molecular flexibility index (Phi) is 4.26. The molecule has 0 aliphatic heterocycles. The van der Waals surface area contributed by atoms with Crippen molar-refractivity contribution in [3.63, 3.8) is 0 Å². The summed E-state index contributed by atoms with van der Waals surface area (Å²) in [6.45, 7) is 0. The quantitative estimate of drug-likeness (QED) is 0.888. The maximum Gasteiger partial charge on any atom is 0.240 e. The Morgan fingerprint density at radius 3 is 1.80 bits per heavy atom. The van der Waals surface area contributed by atoms with E-state index in [1.54, 1.807) is 12.1 Å². The third-order valence-corrected chi connectivity index (χ3v) is 4.21. The molecule has 0 saturated heterocycles. The van der Waals surface area contributed by atoms with E-state index in [4.69, 9.17) is 4.74 Å². The van der Waals surface area contributed by atoms with Crippen LogP contribution >= 0.6 is 0 Å². The highest BCUT2D eigenvalue weighted by Gasteiger charge is 2.10. The van der Waals surface area contributed by atoms with Gasteiger partial charge in [-0.3, -0.25) is 0 Å². The standard InChI is InChI=1S/C14H16N2O3S/c1-15-11-3-5-12(6-4-11)19-13-7-9-14(10-8-13)20(17,18)16-2/h3-10,15-16H,1-2H3. The molecule has 20 heavy (non-hydrogen) atoms. The van der Waals surface area contributed by atoms with Crippen molar-refractivity contribution in [1.82, 2.24) is 4.72 Å². The molecule has 2 rings (SSSR count). The van der Waals surface area contributed by atoms with E-state index in [0.717, 1.165) is 5.69 Å². The summed E-state index contributed by atoms with van der Waals surface area (Å²) in [4.78, 5) is 0.206. The lowest BCUT2D eigenvalue weighted by Crippen LogP contribution is -2.18. The molecule has 2 aromatic rings. The molecule has 0 spiro atoms. The molecule has 0 bridgehead atoms. The van der Waals surface area contributed by atoms with E-state index in [9.17, 15) is 8.42 Å². The van der Waals surface area contributed by atoms with Gasteiger partial charge in [0.2, 0.25) is 10.0 Å². The predicted molar refractivity (Wildman–Crippen MR) is 78.8 cm³/mol. The highest BCUT2D eigenvalue weighted by Crippen LogP contribution is 2.24. The van der Waals surface area contributed by atoms with Gasteiger partial charge in [0.25, 0.3) is 0 Å². The van der Waals surface area contributed by atoms with Gasteiger partial charge in [0.05, 0.1) is 4.90 Å². The van der Waals surface area contributed by atoms with Crippen LogP contribution in [0.2, 0.25) is 0 Å². The Balaban J connectivity index is 2.14. The van der Waals surface area contributed by atoms with Crippen LogP contribution in [0.4, 0.5) is 5.69 Å². The van der Waals surface area contributed by atoms with Gasteiger partial charge in [-0.1, -0.05) is 0 Å². The van der Waals surface area contributed by atoms with Crippen LogP contribution in [0.15, 0.2) is 53.4 Å². The van der Waals surface area contributed by atoms with Gasteiger partial charge in [-0.2, -0.15) is 0 Å². The van der Waals surface area contributed by atoms with Crippen LogP contribution in [0.3, 0.4) is 0 Å². The van der Waals surface area contributed by atoms with Gasteiger partial charge >= 0.3 is 0 Å². The fourth-order valence-electron chi connectivity index (χ4n) is 1.63. The number of hydrogen-bond acceptors (Lipinski definition) is 4. The smallest absolute Gasteiger partial charge is 0.240 e. The summed E-state index contributed by atoms with van der Waals surface area (Å²) in [5.41, 5.74) is 0.993. The van der Waals surface area contributed by atoms with E-state index in [2.05, 4.69) is 10.0 Å². The molecule has 6 heteroatoms. The van der Waals surface area contributed by atoms with Crippen molar-refractivity contribution < 1.29 is 13.2 Å². The van der Waals surface area contributed by atoms with Crippen molar-refractivity contribution in [2.75, 3.05) is 19.4 Å². The molecule has 0 fully saturated rings. The first kappa shape index (κ1) is 14.4. The van der Waals surface area contributed by atoms with Crippen molar-refractivity contribution >= 4 is 15.7 Å². The molecule has 0 unspecified atom stereocenters. The summed E-state index contributed by atoms with van der Waals surface area (Å²) in [5.74, 6) is 1.27. The molecule has 0 atom stereocenters. The predicted octanol–water partition coefficient (Wildman–Crippen LogP) is 2.43. The van der Waals surface area contributed by atoms with Gasteiger partial charge in [-0.05, 0) is 55.6 Å². The van der Waals surface area contributed by atoms with Gasteiger partial charge in [0, 0.05) is 12.7 Å². The topological polar surface area (TPSA) is 67.4 Å². The molecule has 0 aliphatic carbocycles. The summed E-state index contributed by atoms with van der Waals surface area (Å²) in [7, 11) is -0.189. The molecule has 2 N–H and O–H groups in total. The van der Waals surface area contributed by atoms with Crippen LogP contribution in [0.25, 0.3) is 0 Å². The first-order chi connectivity index (χ1) is 9.55. The minimum Gasteiger partial charge on any atom is -0.457 e. The van der Waals surface area contributed by atoms with Crippen molar-refractivity contribution in [3.05, 3.63) is 48.5 Å². The Hall–Kier alpha value is -2.05. The van der Waals surface area contributed by atoms with E-state index in [-0.39, 0.29) is 4.90 Å². The summed E-state index contributed by atoms with van der Waals surface area (Å²) < 4.78 is 31.1. The fraction of sp³-hybridized carbons (Fsp3) is 0.143. The van der Waals surface area contributed by atoms with Crippen molar-refractivity contribution in [2.45, 2.75) is 4.90 Å². The average Bonchev–Trinajstić information content (AvgIpc) is 2.48. The van der Waals surface area contributed by atoms with E-state index >= 15 is 0 Å². The maximum absolute atomic E-state index is 11.6. The lowest BCUT2D eigenvalue weighted by molar-refractivity contribution is 0.482. The number of benzene rings is 2. The Morgan fingerprint density at radius 1 is 0.850 bits per heavy atom. The molecular weight excluding hydrogens is 276 g/mol. The summed E-state index contributed by atoms with van der Waals surface area (Å²) >= 11 is 0. The molecule has 0 radical (unpaired) electrons. The first-order valence-corrected chi connectivity index (χ1v) is 7.53. The van der Waals surface area contributed by atoms with Crippen molar-refractivity contribution in [1.29, 1.82) is 0 Å². The number of sulfonamides is 1. The van der Waals surface area contributed by atoms with Gasteiger partial charge < -0.3 is 10.1 Å². The first-order valence-electron chi connectivity index (χ1n) is 6.04. The molecule has 0 amide bonds. The van der Waals surface area contributed by atoms with Crippen LogP contribution in [-0.2, 0) is 10.0 Å². The van der Waals surface area contributed by atoms with Crippen LogP contribution in [0, 0.1) is 0 Å². The molecular formula is C14H16N2O3S. The monoisotopic (exact) mass is 292 g/mol. The lowest BCUT2D eigenvalue weighted by atomic mass is 10.3. The number of hydrogen-bond donors (Lipinski definition) is 2. The second-order valence-corrected chi connectivity index (χ2v) is 5.94. The van der Waals surface area contributed by atoms with Crippen LogP contribution in [-0.4, -0.2) is 22.5 Å². The van der Waals surface area contributed by atoms with Crippen molar-refractivity contribution in [2.24, 2.45) is 0 Å². The minimum absolute atomic E-state index is 0.206. The van der Waals surface area contributed by atoms with E-state index in [1.165, 1.54) is 19.2 Å². The van der Waals surface area contributed by atoms with Gasteiger partial charge in [0.15, 0.2) is 0 Å². The molecule has 2 aromatic carbocycles. The SMILES string of the molecule is CNc1ccc(Oc2ccc(S(=O)(=O)NC)cc2)cc1. The van der Waals surface area contributed by atoms with Crippen LogP contribution < -0.4 is 14.8 Å². The zero-order valence-electron chi connectivity index (χ0n) is 11.3. The molecule has 0 aromatic heterocycles. The zero-order chi connectivity index (χ0) is 14.6. The minimum atomic E-state index is -3.41. The van der Waals surface area contributed by atoms with E-state index < -0.39 is 10.0 Å². The number of ether oxygens (including phenoxy) is 1. The Labute approximate surface area is 118 Å². The van der Waals surface area contributed by atoms with E-state index in [1.807, 2.05) is 31.3 Å². The fourth-order valence-corrected chi connectivity index (χ4v) is 2.36. The summed E-state index contributed by atoms with van der Waals surface area (Å²) in [6, 6.07) is 13.7. The molecule has 0 heterocycles. The van der Waals surface area contributed by atoms with Gasteiger partial charge in [-0.25, -0.2) is 13.1 Å². The average molecular weight is 292 g/mol. The third-order valence-electron chi connectivity index (χ3n) is 2.78. The third kappa shape index (κ3) is 3.28. The van der Waals surface area contributed by atoms with Crippen LogP contribution in [0.5, 0.6) is 11.5 Å². The molecule has 106 valence electrons. The van der Waals surface area contributed by atoms with Gasteiger partial charge in [-0.15, -0.1) is 0 Å². The highest BCUT2D eigenvalue weighted by atomic mass is 32.2. The number of nitrogens with one attached hydrogen (secondary N) is 2. The molecule has 0 aliphatic rings. The van der Waals surface area contributed by atoms with E-state index in [0.29, 0.717) is 11.5 Å². The zero-order valence-corrected chi connectivity index (χ0v) is 12.1. The summed E-state index contributed by atoms with van der Waals surface area (Å²) in [5, 5.41) is 3.02. The largest absolute Gasteiger partial charge is 0.457 e. The Bertz CT molecular complexity index is 665. The summed E-state index contributed by atoms with van der Waals surface area (Å²) in [6.07, 6.45) is 0. The number of rotatable bonds is 5. The van der Waals surface area contributed by atoms with Crippen molar-refractivity contribution in [3.8, 4) is 11.5 Å². The second kappa shape index (κ2) is 5.94. The molecule has 0 saturated carbocycles. The Morgan fingerprint density at radius 2 is 1.35 bits per heavy atom. The highest BCUT2D eigenvalue weighted by molar-refractivity contribution is 7.89.